The Morgan fingerprint density at radius 3 is 2.52 bits per heavy atom. The van der Waals surface area contributed by atoms with Gasteiger partial charge in [0.15, 0.2) is 11.5 Å². The van der Waals surface area contributed by atoms with Gasteiger partial charge in [0.2, 0.25) is 0 Å². The maximum absolute atomic E-state index is 12.0. The van der Waals surface area contributed by atoms with Crippen molar-refractivity contribution in [1.82, 2.24) is 10.9 Å². The maximum atomic E-state index is 12.0. The summed E-state index contributed by atoms with van der Waals surface area (Å²) in [7, 11) is 1.50. The molecule has 0 aliphatic rings. The lowest BCUT2D eigenvalue weighted by Crippen LogP contribution is -2.40. The summed E-state index contributed by atoms with van der Waals surface area (Å²) in [4.78, 5) is 23.9. The molecular formula is C19H18Cl2N2O4. The van der Waals surface area contributed by atoms with Gasteiger partial charge in [-0.2, -0.15) is 0 Å². The first-order valence-electron chi connectivity index (χ1n) is 7.99. The van der Waals surface area contributed by atoms with Crippen LogP contribution in [0.3, 0.4) is 0 Å². The summed E-state index contributed by atoms with van der Waals surface area (Å²) < 4.78 is 10.7. The molecular weight excluding hydrogens is 391 g/mol. The Balaban J connectivity index is 2.01. The van der Waals surface area contributed by atoms with E-state index >= 15 is 0 Å². The molecule has 2 aromatic carbocycles. The van der Waals surface area contributed by atoms with Crippen LogP contribution in [0.25, 0.3) is 6.08 Å². The molecule has 0 spiro atoms. The lowest BCUT2D eigenvalue weighted by molar-refractivity contribution is -0.117. The van der Waals surface area contributed by atoms with E-state index in [0.717, 1.165) is 0 Å². The number of carbonyl (C=O) groups excluding carboxylic acids is 2. The minimum atomic E-state index is -0.528. The van der Waals surface area contributed by atoms with Crippen molar-refractivity contribution in [1.29, 1.82) is 0 Å². The summed E-state index contributed by atoms with van der Waals surface area (Å²) in [5.74, 6) is -0.154. The van der Waals surface area contributed by atoms with E-state index in [2.05, 4.69) is 10.9 Å². The summed E-state index contributed by atoms with van der Waals surface area (Å²) >= 11 is 12.1. The molecule has 2 amide bonds. The zero-order valence-electron chi connectivity index (χ0n) is 14.7. The molecule has 0 aliphatic heterocycles. The second-order valence-electron chi connectivity index (χ2n) is 5.22. The molecule has 2 aromatic rings. The Hall–Kier alpha value is -2.70. The summed E-state index contributed by atoms with van der Waals surface area (Å²) in [6.07, 6.45) is 2.78. The van der Waals surface area contributed by atoms with E-state index in [-0.39, 0.29) is 10.6 Å². The van der Waals surface area contributed by atoms with Crippen molar-refractivity contribution in [3.8, 4) is 11.5 Å². The molecule has 2 N–H and O–H groups in total. The molecule has 142 valence electrons. The quantitative estimate of drug-likeness (QED) is 0.561. The van der Waals surface area contributed by atoms with Crippen LogP contribution in [0.2, 0.25) is 10.0 Å². The standard InChI is InChI=1S/C19H18Cl2N2O4/c1-3-27-18-15(21)10-12(11-16(18)26-2)8-9-17(24)22-23-19(25)13-6-4-5-7-14(13)20/h4-11H,3H2,1-2H3,(H,22,24)(H,23,25)/b9-8+. The Labute approximate surface area is 167 Å². The van der Waals surface area contributed by atoms with Crippen molar-refractivity contribution >= 4 is 41.1 Å². The van der Waals surface area contributed by atoms with Crippen LogP contribution < -0.4 is 20.3 Å². The van der Waals surface area contributed by atoms with Crippen molar-refractivity contribution in [2.24, 2.45) is 0 Å². The van der Waals surface area contributed by atoms with E-state index < -0.39 is 11.8 Å². The van der Waals surface area contributed by atoms with Gasteiger partial charge in [-0.25, -0.2) is 0 Å². The third kappa shape index (κ3) is 5.64. The zero-order chi connectivity index (χ0) is 19.8. The third-order valence-electron chi connectivity index (χ3n) is 3.39. The normalized spacial score (nSPS) is 10.5. The van der Waals surface area contributed by atoms with Gasteiger partial charge in [0.1, 0.15) is 0 Å². The van der Waals surface area contributed by atoms with Crippen molar-refractivity contribution in [2.75, 3.05) is 13.7 Å². The lowest BCUT2D eigenvalue weighted by atomic mass is 10.2. The fourth-order valence-corrected chi connectivity index (χ4v) is 2.66. The number of ether oxygens (including phenoxy) is 2. The minimum absolute atomic E-state index is 0.256. The smallest absolute Gasteiger partial charge is 0.271 e. The van der Waals surface area contributed by atoms with Crippen LogP contribution in [0, 0.1) is 0 Å². The van der Waals surface area contributed by atoms with Crippen molar-refractivity contribution in [3.05, 3.63) is 63.6 Å². The van der Waals surface area contributed by atoms with Gasteiger partial charge in [-0.05, 0) is 42.8 Å². The van der Waals surface area contributed by atoms with Gasteiger partial charge in [-0.15, -0.1) is 0 Å². The van der Waals surface area contributed by atoms with Gasteiger partial charge in [-0.3, -0.25) is 20.4 Å². The average molecular weight is 409 g/mol. The van der Waals surface area contributed by atoms with Gasteiger partial charge in [-0.1, -0.05) is 35.3 Å². The SMILES string of the molecule is CCOc1c(Cl)cc(/C=C/C(=O)NNC(=O)c2ccccc2Cl)cc1OC. The molecule has 2 rings (SSSR count). The summed E-state index contributed by atoms with van der Waals surface area (Å²) in [6.45, 7) is 2.28. The number of nitrogens with one attached hydrogen (secondary N) is 2. The molecule has 0 saturated carbocycles. The average Bonchev–Trinajstić information content (AvgIpc) is 2.66. The number of rotatable bonds is 6. The van der Waals surface area contributed by atoms with E-state index in [1.165, 1.54) is 19.3 Å². The largest absolute Gasteiger partial charge is 0.493 e. The summed E-state index contributed by atoms with van der Waals surface area (Å²) in [5, 5.41) is 0.652. The molecule has 0 aromatic heterocycles. The highest BCUT2D eigenvalue weighted by atomic mass is 35.5. The van der Waals surface area contributed by atoms with E-state index in [1.807, 2.05) is 6.92 Å². The Kier molecular flexibility index (Phi) is 7.52. The number of hydrogen-bond donors (Lipinski definition) is 2. The predicted octanol–water partition coefficient (Wildman–Crippen LogP) is 3.88. The molecule has 0 atom stereocenters. The van der Waals surface area contributed by atoms with Gasteiger partial charge >= 0.3 is 0 Å². The van der Waals surface area contributed by atoms with E-state index in [4.69, 9.17) is 32.7 Å². The van der Waals surface area contributed by atoms with Crippen LogP contribution in [0.15, 0.2) is 42.5 Å². The fraction of sp³-hybridized carbons (Fsp3) is 0.158. The lowest BCUT2D eigenvalue weighted by Gasteiger charge is -2.12. The van der Waals surface area contributed by atoms with Crippen LogP contribution in [-0.2, 0) is 4.79 Å². The maximum Gasteiger partial charge on any atom is 0.271 e. The Morgan fingerprint density at radius 2 is 1.85 bits per heavy atom. The number of halogens is 2. The first-order valence-corrected chi connectivity index (χ1v) is 8.75. The first-order chi connectivity index (χ1) is 13.0. The van der Waals surface area contributed by atoms with Gasteiger partial charge in [0.05, 0.1) is 29.3 Å². The molecule has 6 nitrogen and oxygen atoms in total. The topological polar surface area (TPSA) is 76.7 Å². The highest BCUT2D eigenvalue weighted by molar-refractivity contribution is 6.33. The molecule has 8 heteroatoms. The van der Waals surface area contributed by atoms with E-state index in [9.17, 15) is 9.59 Å². The zero-order valence-corrected chi connectivity index (χ0v) is 16.2. The van der Waals surface area contributed by atoms with Gasteiger partial charge in [0, 0.05) is 6.08 Å². The fourth-order valence-electron chi connectivity index (χ4n) is 2.17. The molecule has 0 fully saturated rings. The summed E-state index contributed by atoms with van der Waals surface area (Å²) in [6, 6.07) is 9.83. The van der Waals surface area contributed by atoms with Crippen LogP contribution in [0.4, 0.5) is 0 Å². The van der Waals surface area contributed by atoms with E-state index in [0.29, 0.717) is 28.7 Å². The second kappa shape index (κ2) is 9.85. The number of benzene rings is 2. The molecule has 0 heterocycles. The highest BCUT2D eigenvalue weighted by Gasteiger charge is 2.11. The number of methoxy groups -OCH3 is 1. The first kappa shape index (κ1) is 20.6. The third-order valence-corrected chi connectivity index (χ3v) is 4.00. The number of hydrazine groups is 1. The van der Waals surface area contributed by atoms with Crippen LogP contribution in [-0.4, -0.2) is 25.5 Å². The number of hydrogen-bond acceptors (Lipinski definition) is 4. The highest BCUT2D eigenvalue weighted by Crippen LogP contribution is 2.36. The molecule has 27 heavy (non-hydrogen) atoms. The molecule has 0 saturated heterocycles. The van der Waals surface area contributed by atoms with Crippen molar-refractivity contribution in [2.45, 2.75) is 6.92 Å². The van der Waals surface area contributed by atoms with Crippen LogP contribution in [0.1, 0.15) is 22.8 Å². The van der Waals surface area contributed by atoms with Gasteiger partial charge in [0.25, 0.3) is 11.8 Å². The molecule has 0 radical (unpaired) electrons. The van der Waals surface area contributed by atoms with Crippen molar-refractivity contribution in [3.63, 3.8) is 0 Å². The number of carbonyl (C=O) groups is 2. The molecule has 0 unspecified atom stereocenters. The van der Waals surface area contributed by atoms with Crippen LogP contribution >= 0.6 is 23.2 Å². The predicted molar refractivity (Wildman–Crippen MR) is 105 cm³/mol. The van der Waals surface area contributed by atoms with E-state index in [1.54, 1.807) is 36.4 Å². The monoisotopic (exact) mass is 408 g/mol. The minimum Gasteiger partial charge on any atom is -0.493 e. The molecule has 0 bridgehead atoms. The summed E-state index contributed by atoms with van der Waals surface area (Å²) in [5.41, 5.74) is 5.46. The van der Waals surface area contributed by atoms with Crippen molar-refractivity contribution < 1.29 is 19.1 Å². The number of amides is 2. The Bertz CT molecular complexity index is 869. The second-order valence-corrected chi connectivity index (χ2v) is 6.04. The van der Waals surface area contributed by atoms with Crippen LogP contribution in [0.5, 0.6) is 11.5 Å². The molecule has 0 aliphatic carbocycles. The van der Waals surface area contributed by atoms with Gasteiger partial charge < -0.3 is 9.47 Å². The Morgan fingerprint density at radius 1 is 1.11 bits per heavy atom.